The van der Waals surface area contributed by atoms with Gasteiger partial charge in [-0.05, 0) is 27.2 Å². The van der Waals surface area contributed by atoms with Crippen molar-refractivity contribution in [2.24, 2.45) is 0 Å². The van der Waals surface area contributed by atoms with Crippen molar-refractivity contribution in [1.82, 2.24) is 4.90 Å². The number of rotatable bonds is 4. The lowest BCUT2D eigenvalue weighted by atomic mass is 10.1. The van der Waals surface area contributed by atoms with Crippen LogP contribution in [-0.2, 0) is 4.79 Å². The minimum absolute atomic E-state index is 0.0725. The van der Waals surface area contributed by atoms with Gasteiger partial charge >= 0.3 is 6.41 Å². The molecule has 0 unspecified atom stereocenters. The Kier molecular flexibility index (Phi) is 4.16. The SMILES string of the molecule is CCCCN([C]=O)C(C)(C)C. The largest absolute Gasteiger partial charge is 0.330 e. The van der Waals surface area contributed by atoms with Gasteiger partial charge in [-0.2, -0.15) is 0 Å². The highest BCUT2D eigenvalue weighted by atomic mass is 16.1. The van der Waals surface area contributed by atoms with Crippen molar-refractivity contribution in [1.29, 1.82) is 0 Å². The van der Waals surface area contributed by atoms with Gasteiger partial charge in [0.05, 0.1) is 0 Å². The summed E-state index contributed by atoms with van der Waals surface area (Å²) in [6.07, 6.45) is 4.14. The summed E-state index contributed by atoms with van der Waals surface area (Å²) in [6, 6.07) is 0. The molecule has 0 rings (SSSR count). The minimum atomic E-state index is -0.0725. The van der Waals surface area contributed by atoms with Crippen LogP contribution in [0.4, 0.5) is 0 Å². The van der Waals surface area contributed by atoms with Crippen LogP contribution in [0, 0.1) is 0 Å². The van der Waals surface area contributed by atoms with Crippen LogP contribution in [0.25, 0.3) is 0 Å². The van der Waals surface area contributed by atoms with Gasteiger partial charge in [-0.25, -0.2) is 0 Å². The Morgan fingerprint density at radius 2 is 1.91 bits per heavy atom. The van der Waals surface area contributed by atoms with Gasteiger partial charge in [-0.15, -0.1) is 0 Å². The zero-order chi connectivity index (χ0) is 8.91. The number of nitrogens with zero attached hydrogens (tertiary/aromatic N) is 1. The van der Waals surface area contributed by atoms with E-state index in [2.05, 4.69) is 6.92 Å². The van der Waals surface area contributed by atoms with Gasteiger partial charge in [-0.1, -0.05) is 13.3 Å². The third kappa shape index (κ3) is 4.02. The van der Waals surface area contributed by atoms with Crippen molar-refractivity contribution >= 4 is 6.41 Å². The quantitative estimate of drug-likeness (QED) is 0.570. The monoisotopic (exact) mass is 156 g/mol. The molecule has 11 heavy (non-hydrogen) atoms. The first-order valence-electron chi connectivity index (χ1n) is 4.17. The Balaban J connectivity index is 3.86. The third-order valence-corrected chi connectivity index (χ3v) is 1.66. The molecule has 0 spiro atoms. The van der Waals surface area contributed by atoms with Gasteiger partial charge in [0.1, 0.15) is 0 Å². The summed E-state index contributed by atoms with van der Waals surface area (Å²) < 4.78 is 0. The van der Waals surface area contributed by atoms with Crippen LogP contribution in [0.1, 0.15) is 40.5 Å². The van der Waals surface area contributed by atoms with Gasteiger partial charge in [-0.3, -0.25) is 4.79 Å². The fraction of sp³-hybridized carbons (Fsp3) is 0.889. The van der Waals surface area contributed by atoms with E-state index in [0.29, 0.717) is 0 Å². The number of amides is 1. The van der Waals surface area contributed by atoms with Crippen molar-refractivity contribution in [2.75, 3.05) is 6.54 Å². The molecular weight excluding hydrogens is 138 g/mol. The van der Waals surface area contributed by atoms with E-state index < -0.39 is 0 Å². The second kappa shape index (κ2) is 4.37. The molecule has 0 fully saturated rings. The Bertz CT molecular complexity index is 115. The summed E-state index contributed by atoms with van der Waals surface area (Å²) in [5.41, 5.74) is -0.0725. The van der Waals surface area contributed by atoms with E-state index in [1.807, 2.05) is 27.2 Å². The molecule has 0 aromatic carbocycles. The lowest BCUT2D eigenvalue weighted by molar-refractivity contribution is 0.223. The van der Waals surface area contributed by atoms with Gasteiger partial charge in [0.25, 0.3) is 0 Å². The van der Waals surface area contributed by atoms with Crippen LogP contribution >= 0.6 is 0 Å². The summed E-state index contributed by atoms with van der Waals surface area (Å²) in [4.78, 5) is 12.2. The molecule has 0 aromatic rings. The van der Waals surface area contributed by atoms with Gasteiger partial charge < -0.3 is 4.90 Å². The molecule has 0 atom stereocenters. The van der Waals surface area contributed by atoms with E-state index in [-0.39, 0.29) is 5.54 Å². The molecule has 0 aliphatic carbocycles. The maximum atomic E-state index is 10.5. The van der Waals surface area contributed by atoms with Crippen LogP contribution in [-0.4, -0.2) is 23.4 Å². The lowest BCUT2D eigenvalue weighted by Gasteiger charge is -2.31. The average Bonchev–Trinajstić information content (AvgIpc) is 1.87. The molecule has 65 valence electrons. The first-order chi connectivity index (χ1) is 5.02. The summed E-state index contributed by atoms with van der Waals surface area (Å²) in [6.45, 7) is 9.00. The number of carbonyl (C=O) groups excluding carboxylic acids is 1. The molecule has 0 aliphatic heterocycles. The molecule has 1 radical (unpaired) electrons. The predicted octanol–water partition coefficient (Wildman–Crippen LogP) is 1.95. The fourth-order valence-corrected chi connectivity index (χ4v) is 0.834. The number of unbranched alkanes of at least 4 members (excludes halogenated alkanes) is 1. The fourth-order valence-electron chi connectivity index (χ4n) is 0.834. The van der Waals surface area contributed by atoms with Crippen LogP contribution < -0.4 is 0 Å². The molecule has 0 aromatic heterocycles. The maximum absolute atomic E-state index is 10.5. The molecule has 0 saturated carbocycles. The molecule has 1 amide bonds. The standard InChI is InChI=1S/C9H18NO/c1-5-6-7-10(8-11)9(2,3)4/h5-7H2,1-4H3. The average molecular weight is 156 g/mol. The first kappa shape index (κ1) is 10.5. The lowest BCUT2D eigenvalue weighted by Crippen LogP contribution is -2.40. The second-order valence-corrected chi connectivity index (χ2v) is 3.77. The molecular formula is C9H18NO. The molecule has 0 saturated heterocycles. The Labute approximate surface area is 69.6 Å². The zero-order valence-electron chi connectivity index (χ0n) is 7.98. The zero-order valence-corrected chi connectivity index (χ0v) is 7.98. The van der Waals surface area contributed by atoms with Crippen molar-refractivity contribution in [3.63, 3.8) is 0 Å². The van der Waals surface area contributed by atoms with E-state index >= 15 is 0 Å². The smallest absolute Gasteiger partial charge is 0.312 e. The first-order valence-corrected chi connectivity index (χ1v) is 4.17. The van der Waals surface area contributed by atoms with Crippen LogP contribution in [0.15, 0.2) is 0 Å². The van der Waals surface area contributed by atoms with E-state index in [1.54, 1.807) is 4.90 Å². The van der Waals surface area contributed by atoms with E-state index in [4.69, 9.17) is 0 Å². The minimum Gasteiger partial charge on any atom is -0.330 e. The summed E-state index contributed by atoms with van der Waals surface area (Å²) >= 11 is 0. The number of hydrogen-bond acceptors (Lipinski definition) is 1. The maximum Gasteiger partial charge on any atom is 0.312 e. The van der Waals surface area contributed by atoms with Gasteiger partial charge in [0.2, 0.25) is 0 Å². The molecule has 0 N–H and O–H groups in total. The molecule has 0 heterocycles. The summed E-state index contributed by atoms with van der Waals surface area (Å²) in [5.74, 6) is 0. The Hall–Kier alpha value is -0.530. The van der Waals surface area contributed by atoms with Gasteiger partial charge in [0, 0.05) is 12.1 Å². The topological polar surface area (TPSA) is 20.3 Å². The Morgan fingerprint density at radius 3 is 2.18 bits per heavy atom. The van der Waals surface area contributed by atoms with Crippen LogP contribution in [0.5, 0.6) is 0 Å². The molecule has 2 heteroatoms. The van der Waals surface area contributed by atoms with E-state index in [0.717, 1.165) is 19.4 Å². The molecule has 0 bridgehead atoms. The third-order valence-electron chi connectivity index (χ3n) is 1.66. The van der Waals surface area contributed by atoms with Crippen LogP contribution in [0.2, 0.25) is 0 Å². The summed E-state index contributed by atoms with van der Waals surface area (Å²) in [5, 5.41) is 0. The number of hydrogen-bond donors (Lipinski definition) is 0. The molecule has 0 aliphatic rings. The van der Waals surface area contributed by atoms with Crippen molar-refractivity contribution in [2.45, 2.75) is 46.1 Å². The van der Waals surface area contributed by atoms with Gasteiger partial charge in [0.15, 0.2) is 0 Å². The second-order valence-electron chi connectivity index (χ2n) is 3.77. The van der Waals surface area contributed by atoms with E-state index in [9.17, 15) is 4.79 Å². The highest BCUT2D eigenvalue weighted by Gasteiger charge is 2.18. The van der Waals surface area contributed by atoms with Crippen molar-refractivity contribution < 1.29 is 4.79 Å². The summed E-state index contributed by atoms with van der Waals surface area (Å²) in [7, 11) is 0. The highest BCUT2D eigenvalue weighted by Crippen LogP contribution is 2.11. The molecule has 2 nitrogen and oxygen atoms in total. The predicted molar refractivity (Wildman–Crippen MR) is 47.1 cm³/mol. The van der Waals surface area contributed by atoms with Crippen molar-refractivity contribution in [3.8, 4) is 0 Å². The van der Waals surface area contributed by atoms with E-state index in [1.165, 1.54) is 0 Å². The normalized spacial score (nSPS) is 11.3. The Morgan fingerprint density at radius 1 is 1.36 bits per heavy atom. The highest BCUT2D eigenvalue weighted by molar-refractivity contribution is 5.49. The van der Waals surface area contributed by atoms with Crippen molar-refractivity contribution in [3.05, 3.63) is 0 Å². The van der Waals surface area contributed by atoms with Crippen LogP contribution in [0.3, 0.4) is 0 Å².